The van der Waals surface area contributed by atoms with Crippen molar-refractivity contribution in [2.24, 2.45) is 0 Å². The third-order valence-electron chi connectivity index (χ3n) is 4.51. The van der Waals surface area contributed by atoms with E-state index in [0.29, 0.717) is 17.2 Å². The maximum absolute atomic E-state index is 13.0. The lowest BCUT2D eigenvalue weighted by atomic mass is 9.93. The zero-order valence-corrected chi connectivity index (χ0v) is 15.5. The number of rotatable bonds is 5. The van der Waals surface area contributed by atoms with Gasteiger partial charge < -0.3 is 14.8 Å². The van der Waals surface area contributed by atoms with Crippen LogP contribution >= 0.6 is 0 Å². The van der Waals surface area contributed by atoms with Crippen molar-refractivity contribution in [3.63, 3.8) is 0 Å². The van der Waals surface area contributed by atoms with Gasteiger partial charge in [0.2, 0.25) is 5.95 Å². The van der Waals surface area contributed by atoms with Gasteiger partial charge in [-0.3, -0.25) is 0 Å². The predicted molar refractivity (Wildman–Crippen MR) is 103 cm³/mol. The summed E-state index contributed by atoms with van der Waals surface area (Å²) in [5, 5.41) is 15.1. The standard InChI is InChI=1S/C20H19N5O3/c1-3-28-19(26)16-17(13-7-5-4-6-8-13)21-20-22-23-24-25(20)18(16)14-9-11-15(27-2)12-10-14/h4-12,18H,3H2,1-2H3,(H,21,22,24)/t18-/m1/s1. The van der Waals surface area contributed by atoms with Crippen LogP contribution in [0.1, 0.15) is 24.1 Å². The summed E-state index contributed by atoms with van der Waals surface area (Å²) in [6, 6.07) is 16.5. The highest BCUT2D eigenvalue weighted by Crippen LogP contribution is 2.38. The van der Waals surface area contributed by atoms with Crippen LogP contribution in [0, 0.1) is 0 Å². The van der Waals surface area contributed by atoms with Crippen molar-refractivity contribution < 1.29 is 14.3 Å². The van der Waals surface area contributed by atoms with E-state index in [1.54, 1.807) is 18.7 Å². The molecule has 1 N–H and O–H groups in total. The van der Waals surface area contributed by atoms with Crippen LogP contribution in [0.2, 0.25) is 0 Å². The number of esters is 1. The summed E-state index contributed by atoms with van der Waals surface area (Å²) in [7, 11) is 1.61. The van der Waals surface area contributed by atoms with Crippen LogP contribution in [0.5, 0.6) is 5.75 Å². The van der Waals surface area contributed by atoms with Crippen molar-refractivity contribution in [2.45, 2.75) is 13.0 Å². The molecule has 0 unspecified atom stereocenters. The van der Waals surface area contributed by atoms with E-state index in [0.717, 1.165) is 16.9 Å². The number of carbonyl (C=O) groups excluding carboxylic acids is 1. The van der Waals surface area contributed by atoms with Gasteiger partial charge >= 0.3 is 5.97 Å². The van der Waals surface area contributed by atoms with Crippen LogP contribution in [-0.4, -0.2) is 39.9 Å². The van der Waals surface area contributed by atoms with Crippen molar-refractivity contribution in [1.82, 2.24) is 20.2 Å². The molecule has 0 radical (unpaired) electrons. The van der Waals surface area contributed by atoms with Gasteiger partial charge in [0.15, 0.2) is 0 Å². The number of nitrogens with one attached hydrogen (secondary N) is 1. The number of nitrogens with zero attached hydrogens (tertiary/aromatic N) is 4. The molecule has 1 aromatic heterocycles. The molecule has 1 aliphatic heterocycles. The molecule has 28 heavy (non-hydrogen) atoms. The molecule has 0 saturated carbocycles. The topological polar surface area (TPSA) is 91.2 Å². The van der Waals surface area contributed by atoms with Crippen LogP contribution in [0.15, 0.2) is 60.2 Å². The van der Waals surface area contributed by atoms with Gasteiger partial charge in [0, 0.05) is 0 Å². The van der Waals surface area contributed by atoms with Crippen molar-refractivity contribution >= 4 is 17.6 Å². The second kappa shape index (κ2) is 7.51. The van der Waals surface area contributed by atoms with Crippen molar-refractivity contribution in [3.05, 3.63) is 71.3 Å². The summed E-state index contributed by atoms with van der Waals surface area (Å²) >= 11 is 0. The molecule has 0 fully saturated rings. The highest BCUT2D eigenvalue weighted by atomic mass is 16.5. The zero-order chi connectivity index (χ0) is 19.5. The summed E-state index contributed by atoms with van der Waals surface area (Å²) in [6.45, 7) is 2.05. The number of benzene rings is 2. The van der Waals surface area contributed by atoms with Gasteiger partial charge in [0.1, 0.15) is 11.8 Å². The highest BCUT2D eigenvalue weighted by Gasteiger charge is 2.36. The molecule has 8 heteroatoms. The lowest BCUT2D eigenvalue weighted by Crippen LogP contribution is -2.30. The molecule has 0 amide bonds. The molecule has 0 saturated heterocycles. The van der Waals surface area contributed by atoms with Gasteiger partial charge in [0.25, 0.3) is 0 Å². The maximum Gasteiger partial charge on any atom is 0.338 e. The number of hydrogen-bond acceptors (Lipinski definition) is 7. The third-order valence-corrected chi connectivity index (χ3v) is 4.51. The van der Waals surface area contributed by atoms with Crippen LogP contribution in [-0.2, 0) is 9.53 Å². The average molecular weight is 377 g/mol. The summed E-state index contributed by atoms with van der Waals surface area (Å²) in [4.78, 5) is 13.0. The zero-order valence-electron chi connectivity index (χ0n) is 15.5. The maximum atomic E-state index is 13.0. The van der Waals surface area contributed by atoms with Crippen LogP contribution in [0.3, 0.4) is 0 Å². The molecule has 0 bridgehead atoms. The molecular weight excluding hydrogens is 358 g/mol. The molecule has 4 rings (SSSR count). The van der Waals surface area contributed by atoms with E-state index < -0.39 is 12.0 Å². The second-order valence-electron chi connectivity index (χ2n) is 6.12. The fourth-order valence-corrected chi connectivity index (χ4v) is 3.24. The SMILES string of the molecule is CCOC(=O)C1=C(c2ccccc2)Nc2nnnn2[C@@H]1c1ccc(OC)cc1. The molecule has 0 aliphatic carbocycles. The Morgan fingerprint density at radius 3 is 2.57 bits per heavy atom. The van der Waals surface area contributed by atoms with E-state index >= 15 is 0 Å². The highest BCUT2D eigenvalue weighted by molar-refractivity contribution is 6.02. The smallest absolute Gasteiger partial charge is 0.338 e. The minimum absolute atomic E-state index is 0.266. The number of fused-ring (bicyclic) bond motifs is 1. The molecule has 1 aliphatic rings. The van der Waals surface area contributed by atoms with E-state index in [2.05, 4.69) is 20.8 Å². The Bertz CT molecular complexity index is 1010. The molecule has 2 aromatic carbocycles. The predicted octanol–water partition coefficient (Wildman–Crippen LogP) is 2.67. The van der Waals surface area contributed by atoms with Crippen LogP contribution < -0.4 is 10.1 Å². The largest absolute Gasteiger partial charge is 0.497 e. The van der Waals surface area contributed by atoms with E-state index in [4.69, 9.17) is 9.47 Å². The minimum atomic E-state index is -0.536. The normalized spacial score (nSPS) is 15.6. The van der Waals surface area contributed by atoms with Crippen LogP contribution in [0.25, 0.3) is 5.70 Å². The summed E-state index contributed by atoms with van der Waals surface area (Å²) in [6.07, 6.45) is 0. The summed E-state index contributed by atoms with van der Waals surface area (Å²) in [5.41, 5.74) is 2.76. The molecule has 8 nitrogen and oxygen atoms in total. The number of aromatic nitrogens is 4. The molecule has 142 valence electrons. The Morgan fingerprint density at radius 2 is 1.89 bits per heavy atom. The quantitative estimate of drug-likeness (QED) is 0.684. The minimum Gasteiger partial charge on any atom is -0.497 e. The fraction of sp³-hybridized carbons (Fsp3) is 0.200. The first-order valence-corrected chi connectivity index (χ1v) is 8.88. The molecule has 3 aromatic rings. The van der Waals surface area contributed by atoms with Gasteiger partial charge in [-0.15, -0.1) is 0 Å². The lowest BCUT2D eigenvalue weighted by Gasteiger charge is -2.28. The summed E-state index contributed by atoms with van der Waals surface area (Å²) in [5.74, 6) is 0.753. The second-order valence-corrected chi connectivity index (χ2v) is 6.12. The first kappa shape index (κ1) is 17.7. The number of methoxy groups -OCH3 is 1. The molecular formula is C20H19N5O3. The first-order chi connectivity index (χ1) is 13.7. The van der Waals surface area contributed by atoms with Crippen molar-refractivity contribution in [2.75, 3.05) is 19.0 Å². The number of ether oxygens (including phenoxy) is 2. The van der Waals surface area contributed by atoms with Gasteiger partial charge in [-0.05, 0) is 40.6 Å². The Morgan fingerprint density at radius 1 is 1.14 bits per heavy atom. The number of tetrazole rings is 1. The Balaban J connectivity index is 1.93. The Labute approximate surface area is 161 Å². The molecule has 0 spiro atoms. The molecule has 2 heterocycles. The van der Waals surface area contributed by atoms with Gasteiger partial charge in [-0.2, -0.15) is 4.68 Å². The van der Waals surface area contributed by atoms with Gasteiger partial charge in [-0.25, -0.2) is 4.79 Å². The van der Waals surface area contributed by atoms with Crippen molar-refractivity contribution in [3.8, 4) is 5.75 Å². The first-order valence-electron chi connectivity index (χ1n) is 8.88. The summed E-state index contributed by atoms with van der Waals surface area (Å²) < 4.78 is 12.2. The van der Waals surface area contributed by atoms with E-state index in [-0.39, 0.29) is 6.61 Å². The fourth-order valence-electron chi connectivity index (χ4n) is 3.24. The monoisotopic (exact) mass is 377 g/mol. The van der Waals surface area contributed by atoms with Gasteiger partial charge in [-0.1, -0.05) is 47.6 Å². The number of anilines is 1. The van der Waals surface area contributed by atoms with Crippen LogP contribution in [0.4, 0.5) is 5.95 Å². The Kier molecular flexibility index (Phi) is 4.76. The molecule has 1 atom stereocenters. The Hall–Kier alpha value is -3.68. The number of carbonyl (C=O) groups is 1. The van der Waals surface area contributed by atoms with Gasteiger partial charge in [0.05, 0.1) is 25.0 Å². The van der Waals surface area contributed by atoms with E-state index in [1.807, 2.05) is 54.6 Å². The number of hydrogen-bond donors (Lipinski definition) is 1. The third kappa shape index (κ3) is 3.09. The van der Waals surface area contributed by atoms with E-state index in [1.165, 1.54) is 0 Å². The average Bonchev–Trinajstić information content (AvgIpc) is 3.21. The van der Waals surface area contributed by atoms with E-state index in [9.17, 15) is 4.79 Å². The lowest BCUT2D eigenvalue weighted by molar-refractivity contribution is -0.138. The van der Waals surface area contributed by atoms with Crippen molar-refractivity contribution in [1.29, 1.82) is 0 Å².